The molecule has 1 aromatic heterocycles. The number of rotatable bonds is 7. The molecule has 1 saturated heterocycles. The van der Waals surface area contributed by atoms with Gasteiger partial charge in [0.05, 0.1) is 19.8 Å². The minimum absolute atomic E-state index is 0.0511. The summed E-state index contributed by atoms with van der Waals surface area (Å²) in [6.07, 6.45) is 1.79. The highest BCUT2D eigenvalue weighted by Crippen LogP contribution is 2.24. The number of ketones is 1. The number of ether oxygens (including phenoxy) is 2. The summed E-state index contributed by atoms with van der Waals surface area (Å²) in [6.45, 7) is 7.01. The monoisotopic (exact) mass is 393 g/mol. The second kappa shape index (κ2) is 9.23. The van der Waals surface area contributed by atoms with E-state index in [1.807, 2.05) is 13.8 Å². The molecule has 2 rings (SSSR count). The first-order valence-electron chi connectivity index (χ1n) is 9.61. The van der Waals surface area contributed by atoms with Crippen molar-refractivity contribution < 1.29 is 23.9 Å². The molecule has 0 aromatic carbocycles. The Balaban J connectivity index is 2.33. The van der Waals surface area contributed by atoms with Crippen LogP contribution in [0.4, 0.5) is 4.79 Å². The summed E-state index contributed by atoms with van der Waals surface area (Å²) >= 11 is 0. The molecule has 156 valence electrons. The molecule has 1 aliphatic rings. The molecule has 2 amide bonds. The van der Waals surface area contributed by atoms with Gasteiger partial charge < -0.3 is 23.8 Å². The first-order chi connectivity index (χ1) is 13.2. The van der Waals surface area contributed by atoms with Crippen molar-refractivity contribution >= 4 is 17.8 Å². The highest BCUT2D eigenvalue weighted by Gasteiger charge is 2.30. The fraction of sp³-hybridized carbons (Fsp3) is 0.650. The Labute approximate surface area is 166 Å². The minimum atomic E-state index is -0.470. The molecular formula is C20H31N3O5. The molecule has 28 heavy (non-hydrogen) atoms. The van der Waals surface area contributed by atoms with E-state index in [1.165, 1.54) is 16.9 Å². The van der Waals surface area contributed by atoms with Gasteiger partial charge in [0, 0.05) is 45.0 Å². The molecule has 1 aliphatic heterocycles. The molecule has 0 bridgehead atoms. The van der Waals surface area contributed by atoms with Crippen LogP contribution in [0, 0.1) is 13.8 Å². The van der Waals surface area contributed by atoms with Crippen LogP contribution in [0.15, 0.2) is 0 Å². The molecule has 1 aromatic rings. The Morgan fingerprint density at radius 2 is 1.93 bits per heavy atom. The number of hydrogen-bond acceptors (Lipinski definition) is 5. The second-order valence-electron chi connectivity index (χ2n) is 7.29. The molecule has 1 atom stereocenters. The molecular weight excluding hydrogens is 362 g/mol. The molecule has 0 saturated carbocycles. The van der Waals surface area contributed by atoms with E-state index in [9.17, 15) is 14.4 Å². The zero-order valence-corrected chi connectivity index (χ0v) is 17.7. The Kier molecular flexibility index (Phi) is 7.23. The van der Waals surface area contributed by atoms with Crippen LogP contribution in [-0.2, 0) is 16.0 Å². The van der Waals surface area contributed by atoms with Gasteiger partial charge in [-0.2, -0.15) is 0 Å². The number of Topliss-reactive ketones (excluding diaryl/α,β-unsaturated/α-hetero) is 1. The molecule has 1 unspecified atom stereocenters. The van der Waals surface area contributed by atoms with Gasteiger partial charge in [0.25, 0.3) is 0 Å². The van der Waals surface area contributed by atoms with Crippen LogP contribution in [0.3, 0.4) is 0 Å². The van der Waals surface area contributed by atoms with Gasteiger partial charge in [-0.1, -0.05) is 0 Å². The highest BCUT2D eigenvalue weighted by molar-refractivity contribution is 6.04. The van der Waals surface area contributed by atoms with Crippen molar-refractivity contribution in [2.75, 3.05) is 40.9 Å². The normalized spacial score (nSPS) is 16.1. The zero-order chi connectivity index (χ0) is 21.0. The third kappa shape index (κ3) is 4.38. The van der Waals surface area contributed by atoms with Crippen molar-refractivity contribution in [3.05, 3.63) is 22.5 Å². The number of hydrogen-bond donors (Lipinski definition) is 0. The average molecular weight is 393 g/mol. The summed E-state index contributed by atoms with van der Waals surface area (Å²) in [5.74, 6) is -0.664. The molecule has 0 radical (unpaired) electrons. The third-order valence-corrected chi connectivity index (χ3v) is 5.18. The Morgan fingerprint density at radius 1 is 1.25 bits per heavy atom. The van der Waals surface area contributed by atoms with Gasteiger partial charge in [0.15, 0.2) is 5.78 Å². The highest BCUT2D eigenvalue weighted by atomic mass is 16.5. The van der Waals surface area contributed by atoms with Gasteiger partial charge in [-0.25, -0.2) is 9.59 Å². The average Bonchev–Trinajstić information content (AvgIpc) is 3.25. The third-order valence-electron chi connectivity index (χ3n) is 5.18. The van der Waals surface area contributed by atoms with Crippen molar-refractivity contribution in [1.82, 2.24) is 14.4 Å². The lowest BCUT2D eigenvalue weighted by atomic mass is 10.0. The standard InChI is InChI=1S/C20H31N3O5/c1-7-23-14(3)17(13(2)18(23)19(25)27-6)16(24)12-22(20(26)21(4)5)11-15-9-8-10-28-15/h15H,7-12H2,1-6H3. The van der Waals surface area contributed by atoms with E-state index in [0.717, 1.165) is 12.8 Å². The van der Waals surface area contributed by atoms with Crippen LogP contribution in [0.5, 0.6) is 0 Å². The Bertz CT molecular complexity index is 748. The predicted octanol–water partition coefficient (Wildman–Crippen LogP) is 2.26. The quantitative estimate of drug-likeness (QED) is 0.524. The van der Waals surface area contributed by atoms with Crippen LogP contribution < -0.4 is 0 Å². The molecule has 2 heterocycles. The summed E-state index contributed by atoms with van der Waals surface area (Å²) in [7, 11) is 4.65. The number of esters is 1. The maximum absolute atomic E-state index is 13.2. The number of carbonyl (C=O) groups excluding carboxylic acids is 3. The maximum Gasteiger partial charge on any atom is 0.354 e. The fourth-order valence-electron chi connectivity index (χ4n) is 3.84. The molecule has 1 fully saturated rings. The Morgan fingerprint density at radius 3 is 2.43 bits per heavy atom. The van der Waals surface area contributed by atoms with Crippen LogP contribution in [0.25, 0.3) is 0 Å². The summed E-state index contributed by atoms with van der Waals surface area (Å²) in [6, 6.07) is -0.234. The van der Waals surface area contributed by atoms with Crippen LogP contribution in [0.1, 0.15) is 51.9 Å². The van der Waals surface area contributed by atoms with E-state index in [1.54, 1.807) is 25.6 Å². The van der Waals surface area contributed by atoms with Gasteiger partial charge in [-0.15, -0.1) is 0 Å². The number of aromatic nitrogens is 1. The van der Waals surface area contributed by atoms with Gasteiger partial charge >= 0.3 is 12.0 Å². The second-order valence-corrected chi connectivity index (χ2v) is 7.29. The predicted molar refractivity (Wildman–Crippen MR) is 105 cm³/mol. The van der Waals surface area contributed by atoms with Crippen LogP contribution in [-0.4, -0.2) is 79.2 Å². The van der Waals surface area contributed by atoms with E-state index in [2.05, 4.69) is 0 Å². The molecule has 8 heteroatoms. The first kappa shape index (κ1) is 21.9. The topological polar surface area (TPSA) is 81.1 Å². The van der Waals surface area contributed by atoms with E-state index in [4.69, 9.17) is 9.47 Å². The largest absolute Gasteiger partial charge is 0.464 e. The van der Waals surface area contributed by atoms with E-state index < -0.39 is 5.97 Å². The number of nitrogens with zero attached hydrogens (tertiary/aromatic N) is 3. The smallest absolute Gasteiger partial charge is 0.354 e. The molecule has 0 aliphatic carbocycles. The fourth-order valence-corrected chi connectivity index (χ4v) is 3.84. The summed E-state index contributed by atoms with van der Waals surface area (Å²) in [5.41, 5.74) is 2.16. The van der Waals surface area contributed by atoms with Crippen molar-refractivity contribution in [2.45, 2.75) is 46.3 Å². The van der Waals surface area contributed by atoms with Crippen molar-refractivity contribution in [3.8, 4) is 0 Å². The van der Waals surface area contributed by atoms with Crippen LogP contribution >= 0.6 is 0 Å². The molecule has 0 spiro atoms. The van der Waals surface area contributed by atoms with E-state index >= 15 is 0 Å². The van der Waals surface area contributed by atoms with Gasteiger partial charge in [-0.05, 0) is 39.2 Å². The lowest BCUT2D eigenvalue weighted by Crippen LogP contribution is -2.45. The van der Waals surface area contributed by atoms with Crippen molar-refractivity contribution in [3.63, 3.8) is 0 Å². The van der Waals surface area contributed by atoms with Gasteiger partial charge in [-0.3, -0.25) is 4.79 Å². The maximum atomic E-state index is 13.2. The summed E-state index contributed by atoms with van der Waals surface area (Å²) < 4.78 is 12.3. The summed E-state index contributed by atoms with van der Waals surface area (Å²) in [5, 5.41) is 0. The van der Waals surface area contributed by atoms with Crippen molar-refractivity contribution in [1.29, 1.82) is 0 Å². The molecule has 8 nitrogen and oxygen atoms in total. The zero-order valence-electron chi connectivity index (χ0n) is 17.7. The van der Waals surface area contributed by atoms with Gasteiger partial charge in [0.2, 0.25) is 0 Å². The summed E-state index contributed by atoms with van der Waals surface area (Å²) in [4.78, 5) is 41.0. The van der Waals surface area contributed by atoms with Crippen LogP contribution in [0.2, 0.25) is 0 Å². The number of amides is 2. The van der Waals surface area contributed by atoms with E-state index in [-0.39, 0.29) is 24.5 Å². The number of urea groups is 1. The number of methoxy groups -OCH3 is 1. The van der Waals surface area contributed by atoms with Gasteiger partial charge in [0.1, 0.15) is 5.69 Å². The van der Waals surface area contributed by atoms with Crippen molar-refractivity contribution in [2.24, 2.45) is 0 Å². The molecule has 0 N–H and O–H groups in total. The number of carbonyl (C=O) groups is 3. The lowest BCUT2D eigenvalue weighted by Gasteiger charge is -2.27. The van der Waals surface area contributed by atoms with E-state index in [0.29, 0.717) is 42.2 Å². The minimum Gasteiger partial charge on any atom is -0.464 e. The SMILES string of the molecule is CCn1c(C)c(C(=O)CN(CC2CCCO2)C(=O)N(C)C)c(C)c1C(=O)OC. The Hall–Kier alpha value is -2.35. The first-order valence-corrected chi connectivity index (χ1v) is 9.61. The lowest BCUT2D eigenvalue weighted by molar-refractivity contribution is 0.0587.